The van der Waals surface area contributed by atoms with E-state index in [2.05, 4.69) is 20.9 Å². The van der Waals surface area contributed by atoms with Crippen molar-refractivity contribution in [3.8, 4) is 0 Å². The molecule has 0 spiro atoms. The molecule has 0 saturated heterocycles. The zero-order valence-electron chi connectivity index (χ0n) is 17.1. The highest BCUT2D eigenvalue weighted by Gasteiger charge is 2.20. The molecular formula is C21H35IN4O2. The number of guanidine groups is 1. The van der Waals surface area contributed by atoms with Gasteiger partial charge < -0.3 is 20.7 Å². The summed E-state index contributed by atoms with van der Waals surface area (Å²) in [5.41, 5.74) is 1.92. The van der Waals surface area contributed by atoms with Crippen LogP contribution in [0.1, 0.15) is 51.5 Å². The molecule has 1 aliphatic rings. The number of carbonyl (C=O) groups is 1. The van der Waals surface area contributed by atoms with Crippen molar-refractivity contribution >= 4 is 41.5 Å². The van der Waals surface area contributed by atoms with Gasteiger partial charge in [0.2, 0.25) is 5.91 Å². The number of amides is 1. The maximum atomic E-state index is 12.4. The molecule has 0 aliphatic heterocycles. The van der Waals surface area contributed by atoms with Gasteiger partial charge in [-0.3, -0.25) is 4.79 Å². The highest BCUT2D eigenvalue weighted by Crippen LogP contribution is 2.25. The summed E-state index contributed by atoms with van der Waals surface area (Å²) in [6.45, 7) is 7.48. The number of anilines is 1. The maximum absolute atomic E-state index is 12.4. The Morgan fingerprint density at radius 2 is 1.96 bits per heavy atom. The van der Waals surface area contributed by atoms with Crippen LogP contribution in [0.3, 0.4) is 0 Å². The molecule has 1 amide bonds. The predicted octanol–water partition coefficient (Wildman–Crippen LogP) is 3.92. The van der Waals surface area contributed by atoms with Gasteiger partial charge in [0.25, 0.3) is 0 Å². The standard InChI is InChI=1S/C21H34N4O2.HI/c1-3-22-21(23-13-14-27-4-2)24-16-17-9-8-12-19(15-17)25-20(26)18-10-6-5-7-11-18;/h8-9,12,15,18H,3-7,10-11,13-14,16H2,1-2H3,(H,25,26)(H2,22,23,24);1H. The second-order valence-corrected chi connectivity index (χ2v) is 6.84. The third kappa shape index (κ3) is 9.23. The monoisotopic (exact) mass is 502 g/mol. The minimum atomic E-state index is 0. The molecule has 0 heterocycles. The number of aliphatic imine (C=N–C) groups is 1. The lowest BCUT2D eigenvalue weighted by molar-refractivity contribution is -0.120. The van der Waals surface area contributed by atoms with Crippen LogP contribution in [0, 0.1) is 5.92 Å². The van der Waals surface area contributed by atoms with Crippen LogP contribution in [0.5, 0.6) is 0 Å². The summed E-state index contributed by atoms with van der Waals surface area (Å²) in [7, 11) is 0. The van der Waals surface area contributed by atoms with E-state index in [-0.39, 0.29) is 35.8 Å². The Kier molecular flexibility index (Phi) is 12.9. The van der Waals surface area contributed by atoms with Crippen LogP contribution in [0.2, 0.25) is 0 Å². The van der Waals surface area contributed by atoms with E-state index in [1.54, 1.807) is 0 Å². The molecule has 2 rings (SSSR count). The molecule has 3 N–H and O–H groups in total. The highest BCUT2D eigenvalue weighted by atomic mass is 127. The maximum Gasteiger partial charge on any atom is 0.227 e. The Hall–Kier alpha value is -1.35. The third-order valence-electron chi connectivity index (χ3n) is 4.68. The Balaban J connectivity index is 0.00000392. The van der Waals surface area contributed by atoms with Gasteiger partial charge in [0, 0.05) is 31.3 Å². The van der Waals surface area contributed by atoms with Crippen molar-refractivity contribution < 1.29 is 9.53 Å². The fourth-order valence-corrected chi connectivity index (χ4v) is 3.25. The Labute approximate surface area is 186 Å². The molecule has 1 fully saturated rings. The number of ether oxygens (including phenoxy) is 1. The van der Waals surface area contributed by atoms with E-state index in [0.29, 0.717) is 19.8 Å². The first kappa shape index (κ1) is 24.7. The lowest BCUT2D eigenvalue weighted by atomic mass is 9.88. The summed E-state index contributed by atoms with van der Waals surface area (Å²) in [5.74, 6) is 1.09. The summed E-state index contributed by atoms with van der Waals surface area (Å²) in [6.07, 6.45) is 5.60. The number of carbonyl (C=O) groups excluding carboxylic acids is 1. The topological polar surface area (TPSA) is 74.8 Å². The molecule has 0 aromatic heterocycles. The van der Waals surface area contributed by atoms with Gasteiger partial charge in [0.05, 0.1) is 13.2 Å². The molecule has 0 atom stereocenters. The van der Waals surface area contributed by atoms with Crippen LogP contribution in [0.15, 0.2) is 29.3 Å². The molecule has 6 nitrogen and oxygen atoms in total. The van der Waals surface area contributed by atoms with Gasteiger partial charge in [0.1, 0.15) is 0 Å². The number of benzene rings is 1. The first-order valence-corrected chi connectivity index (χ1v) is 10.2. The van der Waals surface area contributed by atoms with Gasteiger partial charge in [-0.05, 0) is 44.4 Å². The van der Waals surface area contributed by atoms with Crippen molar-refractivity contribution in [2.75, 3.05) is 31.6 Å². The van der Waals surface area contributed by atoms with Crippen LogP contribution < -0.4 is 16.0 Å². The fraction of sp³-hybridized carbons (Fsp3) is 0.619. The lowest BCUT2D eigenvalue weighted by Gasteiger charge is -2.20. The number of hydrogen-bond acceptors (Lipinski definition) is 3. The summed E-state index contributed by atoms with van der Waals surface area (Å²) in [4.78, 5) is 17.0. The zero-order valence-corrected chi connectivity index (χ0v) is 19.5. The lowest BCUT2D eigenvalue weighted by Crippen LogP contribution is -2.39. The molecule has 158 valence electrons. The van der Waals surface area contributed by atoms with Crippen molar-refractivity contribution in [1.82, 2.24) is 10.6 Å². The van der Waals surface area contributed by atoms with E-state index in [1.807, 2.05) is 38.1 Å². The van der Waals surface area contributed by atoms with E-state index in [0.717, 1.165) is 56.0 Å². The minimum Gasteiger partial charge on any atom is -0.380 e. The van der Waals surface area contributed by atoms with Crippen LogP contribution in [-0.4, -0.2) is 38.2 Å². The van der Waals surface area contributed by atoms with E-state index < -0.39 is 0 Å². The van der Waals surface area contributed by atoms with Gasteiger partial charge in [-0.1, -0.05) is 31.4 Å². The second-order valence-electron chi connectivity index (χ2n) is 6.84. The number of halogens is 1. The molecule has 28 heavy (non-hydrogen) atoms. The number of rotatable bonds is 9. The second kappa shape index (κ2) is 14.6. The van der Waals surface area contributed by atoms with Gasteiger partial charge in [0.15, 0.2) is 5.96 Å². The molecule has 1 aliphatic carbocycles. The van der Waals surface area contributed by atoms with Crippen LogP contribution in [-0.2, 0) is 16.1 Å². The van der Waals surface area contributed by atoms with Crippen LogP contribution in [0.25, 0.3) is 0 Å². The first-order valence-electron chi connectivity index (χ1n) is 10.2. The van der Waals surface area contributed by atoms with Crippen LogP contribution >= 0.6 is 24.0 Å². The molecule has 1 aromatic carbocycles. The predicted molar refractivity (Wildman–Crippen MR) is 126 cm³/mol. The summed E-state index contributed by atoms with van der Waals surface area (Å²) in [5, 5.41) is 9.57. The summed E-state index contributed by atoms with van der Waals surface area (Å²) in [6, 6.07) is 7.95. The van der Waals surface area contributed by atoms with E-state index in [1.165, 1.54) is 6.42 Å². The van der Waals surface area contributed by atoms with Gasteiger partial charge >= 0.3 is 0 Å². The number of hydrogen-bond donors (Lipinski definition) is 3. The largest absolute Gasteiger partial charge is 0.380 e. The molecule has 1 saturated carbocycles. The van der Waals surface area contributed by atoms with Gasteiger partial charge in [-0.15, -0.1) is 24.0 Å². The third-order valence-corrected chi connectivity index (χ3v) is 4.68. The quantitative estimate of drug-likeness (QED) is 0.207. The molecule has 0 unspecified atom stereocenters. The van der Waals surface area contributed by atoms with Crippen molar-refractivity contribution in [3.63, 3.8) is 0 Å². The van der Waals surface area contributed by atoms with Gasteiger partial charge in [-0.2, -0.15) is 0 Å². The SMILES string of the molecule is CCNC(=NCc1cccc(NC(=O)C2CCCCC2)c1)NCCOCC.I. The van der Waals surface area contributed by atoms with Crippen molar-refractivity contribution in [2.45, 2.75) is 52.5 Å². The minimum absolute atomic E-state index is 0. The average molecular weight is 502 g/mol. The zero-order chi connectivity index (χ0) is 19.3. The number of nitrogens with zero attached hydrogens (tertiary/aromatic N) is 1. The van der Waals surface area contributed by atoms with Crippen molar-refractivity contribution in [2.24, 2.45) is 10.9 Å². The molecule has 0 radical (unpaired) electrons. The normalized spacial score (nSPS) is 14.9. The van der Waals surface area contributed by atoms with E-state index in [4.69, 9.17) is 4.74 Å². The Morgan fingerprint density at radius 1 is 1.18 bits per heavy atom. The van der Waals surface area contributed by atoms with Crippen molar-refractivity contribution in [1.29, 1.82) is 0 Å². The summed E-state index contributed by atoms with van der Waals surface area (Å²) >= 11 is 0. The summed E-state index contributed by atoms with van der Waals surface area (Å²) < 4.78 is 5.34. The van der Waals surface area contributed by atoms with Crippen LogP contribution in [0.4, 0.5) is 5.69 Å². The smallest absolute Gasteiger partial charge is 0.227 e. The highest BCUT2D eigenvalue weighted by molar-refractivity contribution is 14.0. The Morgan fingerprint density at radius 3 is 2.68 bits per heavy atom. The first-order chi connectivity index (χ1) is 13.2. The molecule has 1 aromatic rings. The van der Waals surface area contributed by atoms with E-state index in [9.17, 15) is 4.79 Å². The molecule has 0 bridgehead atoms. The molecule has 7 heteroatoms. The van der Waals surface area contributed by atoms with Gasteiger partial charge in [-0.25, -0.2) is 4.99 Å². The van der Waals surface area contributed by atoms with Crippen molar-refractivity contribution in [3.05, 3.63) is 29.8 Å². The number of nitrogens with one attached hydrogen (secondary N) is 3. The Bertz CT molecular complexity index is 604. The average Bonchev–Trinajstić information content (AvgIpc) is 2.70. The fourth-order valence-electron chi connectivity index (χ4n) is 3.25. The molecular weight excluding hydrogens is 467 g/mol. The van der Waals surface area contributed by atoms with E-state index >= 15 is 0 Å².